The monoisotopic (exact) mass is 435 g/mol. The largest absolute Gasteiger partial charge is 4.00 e. The van der Waals surface area contributed by atoms with Crippen molar-refractivity contribution in [2.24, 2.45) is 0 Å². The van der Waals surface area contributed by atoms with Crippen molar-refractivity contribution >= 4 is 0 Å². The number of hydrogen-bond acceptors (Lipinski definition) is 2. The van der Waals surface area contributed by atoms with E-state index >= 15 is 0 Å². The SMILES string of the molecule is [CH]1[CH][CH][C](CCN2CCCCC2)[CH]1.[CH]1[CH][CH][C](CCN2CCCCC2)[CH]1.[Cl-].[Ti+4]. The molecule has 2 saturated carbocycles. The molecule has 4 aliphatic rings. The fourth-order valence-corrected chi connectivity index (χ4v) is 4.10. The first kappa shape index (κ1) is 27.0. The molecule has 0 spiro atoms. The average molecular weight is 436 g/mol. The summed E-state index contributed by atoms with van der Waals surface area (Å²) in [5.41, 5.74) is 0. The summed E-state index contributed by atoms with van der Waals surface area (Å²) >= 11 is 0. The molecule has 28 heavy (non-hydrogen) atoms. The van der Waals surface area contributed by atoms with Gasteiger partial charge in [0, 0.05) is 0 Å². The van der Waals surface area contributed by atoms with Crippen LogP contribution in [0.2, 0.25) is 0 Å². The molecule has 2 saturated heterocycles. The third kappa shape index (κ3) is 10.8. The first-order chi connectivity index (χ1) is 12.9. The molecule has 2 heterocycles. The van der Waals surface area contributed by atoms with Gasteiger partial charge in [0.05, 0.1) is 0 Å². The minimum absolute atomic E-state index is 0. The van der Waals surface area contributed by atoms with Crippen molar-refractivity contribution in [3.8, 4) is 0 Å². The molecule has 4 fully saturated rings. The van der Waals surface area contributed by atoms with Gasteiger partial charge in [0.25, 0.3) is 0 Å². The van der Waals surface area contributed by atoms with Crippen LogP contribution in [0.4, 0.5) is 0 Å². The van der Waals surface area contributed by atoms with Crippen molar-refractivity contribution in [1.29, 1.82) is 0 Å². The fourth-order valence-electron chi connectivity index (χ4n) is 4.10. The van der Waals surface area contributed by atoms with E-state index in [1.165, 1.54) is 102 Å². The van der Waals surface area contributed by atoms with Crippen LogP contribution in [-0.2, 0) is 21.7 Å². The standard InChI is InChI=1S/2C12H18N.ClH.Ti/c2*1-4-9-13(10-5-1)11-8-12-6-2-3-7-12;;/h2*2-3,6-7H,1,4-5,8-11H2;1H;/q;;;+4/p-1. The van der Waals surface area contributed by atoms with E-state index in [1.807, 2.05) is 0 Å². The Kier molecular flexibility index (Phi) is 16.0. The third-order valence-electron chi connectivity index (χ3n) is 5.79. The van der Waals surface area contributed by atoms with Crippen LogP contribution in [0, 0.1) is 63.2 Å². The van der Waals surface area contributed by atoms with Crippen LogP contribution in [0.3, 0.4) is 0 Å². The summed E-state index contributed by atoms with van der Waals surface area (Å²) in [6.45, 7) is 7.79. The first-order valence-electron chi connectivity index (χ1n) is 10.8. The number of rotatable bonds is 6. The Labute approximate surface area is 197 Å². The molecule has 150 valence electrons. The van der Waals surface area contributed by atoms with E-state index in [0.717, 1.165) is 0 Å². The minimum Gasteiger partial charge on any atom is -1.00 e. The third-order valence-corrected chi connectivity index (χ3v) is 5.79. The summed E-state index contributed by atoms with van der Waals surface area (Å²) in [6.07, 6.45) is 28.4. The van der Waals surface area contributed by atoms with Crippen LogP contribution in [-0.4, -0.2) is 49.1 Å². The molecular formula is C24H36ClN2Ti+3. The Morgan fingerprint density at radius 1 is 0.536 bits per heavy atom. The van der Waals surface area contributed by atoms with Crippen molar-refractivity contribution < 1.29 is 34.1 Å². The Hall–Kier alpha value is 0.924. The normalized spacial score (nSPS) is 24.9. The quantitative estimate of drug-likeness (QED) is 0.584. The molecule has 2 nitrogen and oxygen atoms in total. The van der Waals surface area contributed by atoms with Gasteiger partial charge in [-0.25, -0.2) is 0 Å². The molecular weight excluding hydrogens is 400 g/mol. The fraction of sp³-hybridized carbons (Fsp3) is 0.583. The van der Waals surface area contributed by atoms with Crippen LogP contribution in [0.25, 0.3) is 0 Å². The van der Waals surface area contributed by atoms with Gasteiger partial charge in [0.15, 0.2) is 0 Å². The molecule has 0 aromatic carbocycles. The number of piperidine rings is 2. The van der Waals surface area contributed by atoms with Gasteiger partial charge < -0.3 is 22.2 Å². The van der Waals surface area contributed by atoms with Gasteiger partial charge in [0.1, 0.15) is 0 Å². The number of halogens is 1. The summed E-state index contributed by atoms with van der Waals surface area (Å²) in [5, 5.41) is 0. The molecule has 0 N–H and O–H groups in total. The maximum atomic E-state index is 2.59. The summed E-state index contributed by atoms with van der Waals surface area (Å²) in [4.78, 5) is 5.19. The maximum absolute atomic E-state index is 2.59. The topological polar surface area (TPSA) is 6.48 Å². The van der Waals surface area contributed by atoms with Gasteiger partial charge >= 0.3 is 21.7 Å². The zero-order chi connectivity index (χ0) is 17.9. The van der Waals surface area contributed by atoms with Crippen molar-refractivity contribution in [3.05, 3.63) is 63.2 Å². The van der Waals surface area contributed by atoms with E-state index in [4.69, 9.17) is 0 Å². The van der Waals surface area contributed by atoms with Crippen LogP contribution in [0.1, 0.15) is 51.4 Å². The van der Waals surface area contributed by atoms with Crippen molar-refractivity contribution in [3.63, 3.8) is 0 Å². The minimum atomic E-state index is 0. The van der Waals surface area contributed by atoms with Gasteiger partial charge in [-0.05, 0) is 141 Å². The predicted molar refractivity (Wildman–Crippen MR) is 111 cm³/mol. The molecule has 2 aliphatic carbocycles. The van der Waals surface area contributed by atoms with Crippen LogP contribution < -0.4 is 12.4 Å². The van der Waals surface area contributed by atoms with Gasteiger partial charge in [0.2, 0.25) is 0 Å². The Balaban J connectivity index is 0.000000261. The average Bonchev–Trinajstić information content (AvgIpc) is 3.41. The zero-order valence-electron chi connectivity index (χ0n) is 17.3. The summed E-state index contributed by atoms with van der Waals surface area (Å²) in [6, 6.07) is 0. The molecule has 0 aromatic rings. The summed E-state index contributed by atoms with van der Waals surface area (Å²) in [7, 11) is 0. The predicted octanol–water partition coefficient (Wildman–Crippen LogP) is 1.54. The van der Waals surface area contributed by atoms with Crippen LogP contribution in [0.15, 0.2) is 0 Å². The van der Waals surface area contributed by atoms with Gasteiger partial charge in [-0.15, -0.1) is 0 Å². The molecule has 2 aliphatic heterocycles. The number of nitrogens with zero attached hydrogens (tertiary/aromatic N) is 2. The number of hydrogen-bond donors (Lipinski definition) is 0. The smallest absolute Gasteiger partial charge is 1.00 e. The van der Waals surface area contributed by atoms with E-state index in [9.17, 15) is 0 Å². The zero-order valence-corrected chi connectivity index (χ0v) is 19.6. The van der Waals surface area contributed by atoms with Crippen molar-refractivity contribution in [2.45, 2.75) is 51.4 Å². The van der Waals surface area contributed by atoms with Crippen molar-refractivity contribution in [2.75, 3.05) is 39.3 Å². The van der Waals surface area contributed by atoms with E-state index in [2.05, 4.69) is 61.2 Å². The van der Waals surface area contributed by atoms with E-state index in [1.54, 1.807) is 0 Å². The summed E-state index contributed by atoms with van der Waals surface area (Å²) in [5.74, 6) is 2.98. The Morgan fingerprint density at radius 2 is 0.857 bits per heavy atom. The Bertz CT molecular complexity index is 311. The van der Waals surface area contributed by atoms with E-state index in [0.29, 0.717) is 0 Å². The van der Waals surface area contributed by atoms with Crippen LogP contribution >= 0.6 is 0 Å². The second-order valence-corrected chi connectivity index (χ2v) is 7.89. The summed E-state index contributed by atoms with van der Waals surface area (Å²) < 4.78 is 0. The maximum Gasteiger partial charge on any atom is 4.00 e. The second-order valence-electron chi connectivity index (χ2n) is 7.89. The molecule has 4 rings (SSSR count). The molecule has 0 atom stereocenters. The van der Waals surface area contributed by atoms with E-state index in [-0.39, 0.29) is 34.1 Å². The first-order valence-corrected chi connectivity index (χ1v) is 10.8. The molecule has 0 aromatic heterocycles. The molecule has 0 bridgehead atoms. The van der Waals surface area contributed by atoms with E-state index < -0.39 is 0 Å². The van der Waals surface area contributed by atoms with Crippen molar-refractivity contribution in [1.82, 2.24) is 9.80 Å². The van der Waals surface area contributed by atoms with Gasteiger partial charge in [-0.2, -0.15) is 0 Å². The van der Waals surface area contributed by atoms with Crippen LogP contribution in [0.5, 0.6) is 0 Å². The van der Waals surface area contributed by atoms with Gasteiger partial charge in [-0.1, -0.05) is 12.8 Å². The second kappa shape index (κ2) is 16.6. The van der Waals surface area contributed by atoms with Gasteiger partial charge in [-0.3, -0.25) is 0 Å². The Morgan fingerprint density at radius 3 is 1.18 bits per heavy atom. The molecule has 10 radical (unpaired) electrons. The molecule has 4 heteroatoms. The number of likely N-dealkylation sites (tertiary alicyclic amines) is 2. The molecule has 0 unspecified atom stereocenters. The molecule has 0 amide bonds.